The third kappa shape index (κ3) is 5.52. The number of benzene rings is 7. The van der Waals surface area contributed by atoms with Crippen LogP contribution in [0.3, 0.4) is 0 Å². The van der Waals surface area contributed by atoms with Gasteiger partial charge >= 0.3 is 0 Å². The maximum atomic E-state index is 5.39. The van der Waals surface area contributed by atoms with E-state index in [9.17, 15) is 0 Å². The Morgan fingerprint density at radius 1 is 0.355 bits per heavy atom. The van der Waals surface area contributed by atoms with Crippen LogP contribution in [0.4, 0.5) is 0 Å². The fraction of sp³-hybridized carbons (Fsp3) is 0. The number of para-hydroxylation sites is 2. The summed E-state index contributed by atoms with van der Waals surface area (Å²) in [6.45, 7) is 0. The van der Waals surface area contributed by atoms with Gasteiger partial charge in [-0.25, -0.2) is 4.98 Å². The van der Waals surface area contributed by atoms with E-state index in [1.807, 2.05) is 30.6 Å². The third-order valence-corrected chi connectivity index (χ3v) is 17.1. The van der Waals surface area contributed by atoms with Crippen molar-refractivity contribution in [1.82, 2.24) is 29.5 Å². The van der Waals surface area contributed by atoms with E-state index in [1.54, 1.807) is 0 Å². The Labute approximate surface area is 359 Å². The summed E-state index contributed by atoms with van der Waals surface area (Å²) >= 11 is 0. The first-order valence-electron chi connectivity index (χ1n) is 20.8. The van der Waals surface area contributed by atoms with E-state index in [2.05, 4.69) is 193 Å². The number of rotatable bonds is 7. The summed E-state index contributed by atoms with van der Waals surface area (Å²) in [5.41, 5.74) is 10.4. The molecule has 0 fully saturated rings. The van der Waals surface area contributed by atoms with Crippen LogP contribution in [0.2, 0.25) is 0 Å². The molecular weight excluding hydrogens is 773 g/mol. The maximum absolute atomic E-state index is 5.39. The molecule has 0 amide bonds. The minimum Gasteiger partial charge on any atom is -0.278 e. The fourth-order valence-corrected chi connectivity index (χ4v) is 15.2. The molecule has 0 saturated heterocycles. The highest BCUT2D eigenvalue weighted by Gasteiger charge is 2.52. The van der Waals surface area contributed by atoms with E-state index in [4.69, 9.17) is 24.9 Å². The van der Waals surface area contributed by atoms with Gasteiger partial charge in [0.25, 0.3) is 0 Å². The van der Waals surface area contributed by atoms with Gasteiger partial charge in [-0.15, -0.1) is 0 Å². The Morgan fingerprint density at radius 2 is 0.790 bits per heavy atom. The standard InChI is InChI=1S/C55H36N6Si/c1-5-18-37(19-6-1)49-51-45(32-34-56-49)46-33-35-57-50(38-20-7-2-8-21-38)52(46)62(51,41-25-11-4-12-26-41)42-27-17-24-40(36-42)54-58-53(39-22-9-3-10-23-39)59-55(60-54)61-47-30-15-13-28-43(47)44-29-14-16-31-48(44)61/h1-36H. The summed E-state index contributed by atoms with van der Waals surface area (Å²) < 4.78 is 2.17. The van der Waals surface area contributed by atoms with Crippen molar-refractivity contribution in [2.75, 3.05) is 0 Å². The molecule has 0 unspecified atom stereocenters. The summed E-state index contributed by atoms with van der Waals surface area (Å²) in [6.07, 6.45) is 3.93. The zero-order valence-electron chi connectivity index (χ0n) is 33.5. The summed E-state index contributed by atoms with van der Waals surface area (Å²) in [7, 11) is -3.26. The van der Waals surface area contributed by atoms with Crippen LogP contribution in [-0.2, 0) is 0 Å². The molecule has 0 aliphatic carbocycles. The van der Waals surface area contributed by atoms with Crippen molar-refractivity contribution < 1.29 is 0 Å². The molecule has 6 nitrogen and oxygen atoms in total. The molecule has 0 atom stereocenters. The van der Waals surface area contributed by atoms with Gasteiger partial charge in [-0.05, 0) is 56.1 Å². The Hall–Kier alpha value is -8.13. The van der Waals surface area contributed by atoms with Crippen LogP contribution in [0.5, 0.6) is 0 Å². The van der Waals surface area contributed by atoms with Crippen molar-refractivity contribution in [3.05, 3.63) is 219 Å². The van der Waals surface area contributed by atoms with E-state index >= 15 is 0 Å². The molecule has 4 aromatic heterocycles. The van der Waals surface area contributed by atoms with E-state index < -0.39 is 8.07 Å². The van der Waals surface area contributed by atoms with Gasteiger partial charge in [0.2, 0.25) is 5.95 Å². The maximum Gasteiger partial charge on any atom is 0.238 e. The Kier molecular flexibility index (Phi) is 8.40. The lowest BCUT2D eigenvalue weighted by Crippen LogP contribution is -2.73. The first-order valence-corrected chi connectivity index (χ1v) is 22.8. The van der Waals surface area contributed by atoms with Crippen molar-refractivity contribution in [1.29, 1.82) is 0 Å². The molecular formula is C55H36N6Si. The van der Waals surface area contributed by atoms with Crippen molar-refractivity contribution in [3.63, 3.8) is 0 Å². The molecule has 1 aliphatic heterocycles. The van der Waals surface area contributed by atoms with Crippen LogP contribution >= 0.6 is 0 Å². The predicted molar refractivity (Wildman–Crippen MR) is 254 cm³/mol. The topological polar surface area (TPSA) is 69.4 Å². The number of hydrogen-bond donors (Lipinski definition) is 0. The number of fused-ring (bicyclic) bond motifs is 6. The average molecular weight is 809 g/mol. The summed E-state index contributed by atoms with van der Waals surface area (Å²) in [4.78, 5) is 26.4. The number of nitrogens with zero attached hydrogens (tertiary/aromatic N) is 6. The van der Waals surface area contributed by atoms with Crippen molar-refractivity contribution in [2.45, 2.75) is 0 Å². The van der Waals surface area contributed by atoms with Crippen LogP contribution in [0.15, 0.2) is 219 Å². The largest absolute Gasteiger partial charge is 0.278 e. The molecule has 1 aliphatic rings. The van der Waals surface area contributed by atoms with Gasteiger partial charge in [-0.1, -0.05) is 182 Å². The van der Waals surface area contributed by atoms with Gasteiger partial charge < -0.3 is 0 Å². The Balaban J connectivity index is 1.17. The lowest BCUT2D eigenvalue weighted by molar-refractivity contribution is 0.953. The lowest BCUT2D eigenvalue weighted by atomic mass is 10.0. The quantitative estimate of drug-likeness (QED) is 0.150. The van der Waals surface area contributed by atoms with Crippen LogP contribution in [0.25, 0.3) is 84.2 Å². The van der Waals surface area contributed by atoms with Crippen molar-refractivity contribution >= 4 is 50.6 Å². The Morgan fingerprint density at radius 3 is 1.34 bits per heavy atom. The summed E-state index contributed by atoms with van der Waals surface area (Å²) in [5.74, 6) is 1.77. The summed E-state index contributed by atoms with van der Waals surface area (Å²) in [6, 6.07) is 72.7. The molecule has 62 heavy (non-hydrogen) atoms. The second-order valence-corrected chi connectivity index (χ2v) is 19.3. The van der Waals surface area contributed by atoms with Gasteiger partial charge in [0.05, 0.1) is 22.4 Å². The second kappa shape index (κ2) is 14.5. The minimum absolute atomic E-state index is 0.564. The zero-order chi connectivity index (χ0) is 41.0. The number of hydrogen-bond acceptors (Lipinski definition) is 5. The normalized spacial score (nSPS) is 12.6. The van der Waals surface area contributed by atoms with E-state index in [-0.39, 0.29) is 0 Å². The fourth-order valence-electron chi connectivity index (χ4n) is 9.66. The van der Waals surface area contributed by atoms with Gasteiger partial charge in [-0.3, -0.25) is 14.5 Å². The molecule has 5 heterocycles. The molecule has 0 radical (unpaired) electrons. The highest BCUT2D eigenvalue weighted by atomic mass is 28.3. The number of pyridine rings is 2. The molecule has 7 heteroatoms. The van der Waals surface area contributed by atoms with E-state index in [1.165, 1.54) is 31.9 Å². The van der Waals surface area contributed by atoms with Crippen LogP contribution in [0.1, 0.15) is 0 Å². The molecule has 0 saturated carbocycles. The van der Waals surface area contributed by atoms with Crippen LogP contribution in [-0.4, -0.2) is 37.6 Å². The molecule has 7 aromatic carbocycles. The first-order chi connectivity index (χ1) is 30.8. The van der Waals surface area contributed by atoms with Gasteiger partial charge in [0.15, 0.2) is 19.7 Å². The van der Waals surface area contributed by atoms with Crippen molar-refractivity contribution in [2.24, 2.45) is 0 Å². The van der Waals surface area contributed by atoms with E-state index in [0.717, 1.165) is 55.4 Å². The second-order valence-electron chi connectivity index (χ2n) is 15.6. The highest BCUT2D eigenvalue weighted by Crippen LogP contribution is 2.37. The van der Waals surface area contributed by atoms with E-state index in [0.29, 0.717) is 17.6 Å². The van der Waals surface area contributed by atoms with Crippen LogP contribution in [0, 0.1) is 0 Å². The predicted octanol–water partition coefficient (Wildman–Crippen LogP) is 9.78. The van der Waals surface area contributed by atoms with Crippen LogP contribution < -0.4 is 20.7 Å². The third-order valence-electron chi connectivity index (χ3n) is 12.2. The monoisotopic (exact) mass is 808 g/mol. The van der Waals surface area contributed by atoms with Gasteiger partial charge in [0.1, 0.15) is 0 Å². The lowest BCUT2D eigenvalue weighted by Gasteiger charge is -2.33. The molecule has 11 aromatic rings. The van der Waals surface area contributed by atoms with Gasteiger partial charge in [0, 0.05) is 45.4 Å². The minimum atomic E-state index is -3.26. The smallest absolute Gasteiger partial charge is 0.238 e. The average Bonchev–Trinajstić information content (AvgIpc) is 3.86. The molecule has 0 bridgehead atoms. The number of aromatic nitrogens is 6. The Bertz CT molecular complexity index is 3320. The van der Waals surface area contributed by atoms with Gasteiger partial charge in [-0.2, -0.15) is 9.97 Å². The zero-order valence-corrected chi connectivity index (χ0v) is 34.5. The molecule has 0 spiro atoms. The molecule has 12 rings (SSSR count). The highest BCUT2D eigenvalue weighted by molar-refractivity contribution is 7.23. The van der Waals surface area contributed by atoms with Crippen molar-refractivity contribution in [3.8, 4) is 62.4 Å². The molecule has 290 valence electrons. The molecule has 0 N–H and O–H groups in total. The first kappa shape index (κ1) is 35.8. The summed E-state index contributed by atoms with van der Waals surface area (Å²) in [5, 5.41) is 7.24. The SMILES string of the molecule is c1ccc(-c2nc(-c3cccc([Si]4(c5ccccc5)c5c(ccnc5-c5ccccc5)-c5ccnc(-c6ccccc6)c54)c3)nc(-n3c4ccccc4c4ccccc43)n2)cc1.